The molecular formula is HBiF3Rb. The molecule has 0 aromatic carbocycles. The molecule has 0 amide bonds. The Bertz CT molecular complexity index is 10.8. The van der Waals surface area contributed by atoms with Gasteiger partial charge >= 0.3 is 84.4 Å². The van der Waals surface area contributed by atoms with Crippen LogP contribution in [-0.2, 0) is 0 Å². The van der Waals surface area contributed by atoms with Crippen molar-refractivity contribution in [2.75, 3.05) is 0 Å². The monoisotopic (exact) mass is 352 g/mol. The van der Waals surface area contributed by atoms with Crippen molar-refractivity contribution in [2.24, 2.45) is 0 Å². The molecule has 0 atom stereocenters. The van der Waals surface area contributed by atoms with Crippen LogP contribution >= 0.6 is 0 Å². The molecule has 0 unspecified atom stereocenters. The fraction of sp³-hybridized carbons (Fsp3) is 0. The normalized spacial score (nSPS) is 0. The molecule has 0 rings (SSSR count). The first-order valence-corrected chi connectivity index (χ1v) is 0. The maximum atomic E-state index is 0. The van der Waals surface area contributed by atoms with Gasteiger partial charge in [-0.3, -0.25) is 0 Å². The first kappa shape index (κ1) is 51.1. The van der Waals surface area contributed by atoms with Gasteiger partial charge in [0.2, 0.25) is 0 Å². The third kappa shape index (κ3) is 21.2. The Hall–Kier alpha value is 2.48. The van der Waals surface area contributed by atoms with Gasteiger partial charge in [-0.05, 0) is 0 Å². The van der Waals surface area contributed by atoms with Crippen molar-refractivity contribution in [3.8, 4) is 0 Å². The summed E-state index contributed by atoms with van der Waals surface area (Å²) in [6, 6.07) is 0. The van der Waals surface area contributed by atoms with E-state index in [-0.39, 0.29) is 99.9 Å². The Kier molecular flexibility index (Phi) is 324. The van der Waals surface area contributed by atoms with Gasteiger partial charge in [0, 0.05) is 0 Å². The predicted octanol–water partition coefficient (Wildman–Crippen LogP) is -12.3. The van der Waals surface area contributed by atoms with Crippen LogP contribution in [0.1, 0.15) is 1.43 Å². The van der Waals surface area contributed by atoms with Gasteiger partial charge in [-0.2, -0.15) is 0 Å². The van der Waals surface area contributed by atoms with Crippen molar-refractivity contribution in [3.05, 3.63) is 0 Å². The smallest absolute Gasteiger partial charge is 1.00 e. The molecule has 5 heavy (non-hydrogen) atoms. The zero-order valence-corrected chi connectivity index (χ0v) is 11.0. The van der Waals surface area contributed by atoms with Gasteiger partial charge in [0.25, 0.3) is 0 Å². The van der Waals surface area contributed by atoms with E-state index in [1.54, 1.807) is 0 Å². The van der Waals surface area contributed by atoms with Crippen molar-refractivity contribution >= 4 is 26.2 Å². The van der Waals surface area contributed by atoms with E-state index in [1.807, 2.05) is 0 Å². The van der Waals surface area contributed by atoms with Crippen LogP contribution in [0.4, 0.5) is 0 Å². The summed E-state index contributed by atoms with van der Waals surface area (Å²) in [4.78, 5) is 0. The van der Waals surface area contributed by atoms with E-state index in [0.717, 1.165) is 0 Å². The topological polar surface area (TPSA) is 0 Å². The zero-order chi connectivity index (χ0) is 0. The van der Waals surface area contributed by atoms with E-state index < -0.39 is 0 Å². The van der Waals surface area contributed by atoms with Crippen molar-refractivity contribution in [1.82, 2.24) is 0 Å². The minimum Gasteiger partial charge on any atom is -1.00 e. The molecule has 0 saturated carbocycles. The van der Waals surface area contributed by atoms with Crippen molar-refractivity contribution in [1.29, 1.82) is 0 Å². The maximum absolute atomic E-state index is 0. The fourth-order valence-electron chi connectivity index (χ4n) is 0. The van der Waals surface area contributed by atoms with Crippen LogP contribution in [0.5, 0.6) is 0 Å². The quantitative estimate of drug-likeness (QED) is 0.380. The third-order valence-corrected chi connectivity index (χ3v) is 0. The second-order valence-corrected chi connectivity index (χ2v) is 0. The minimum absolute atomic E-state index is 0. The summed E-state index contributed by atoms with van der Waals surface area (Å²) < 4.78 is 0. The molecular weight excluding hydrogens is 351 g/mol. The van der Waals surface area contributed by atoms with E-state index in [1.165, 1.54) is 0 Å². The summed E-state index contributed by atoms with van der Waals surface area (Å²) in [6.45, 7) is 0. The largest absolute Gasteiger partial charge is 3.00 e. The summed E-state index contributed by atoms with van der Waals surface area (Å²) >= 11 is 0. The Balaban J connectivity index is 0. The van der Waals surface area contributed by atoms with Gasteiger partial charge in [-0.25, -0.2) is 0 Å². The van der Waals surface area contributed by atoms with Gasteiger partial charge < -0.3 is 15.5 Å². The zero-order valence-electron chi connectivity index (χ0n) is 3.58. The molecule has 0 N–H and O–H groups in total. The Morgan fingerprint density at radius 1 is 0.800 bits per heavy atom. The fourth-order valence-corrected chi connectivity index (χ4v) is 0. The molecule has 5 heteroatoms. The molecule has 0 aromatic heterocycles. The summed E-state index contributed by atoms with van der Waals surface area (Å²) in [5.41, 5.74) is 0. The average molecular weight is 352 g/mol. The summed E-state index contributed by atoms with van der Waals surface area (Å²) in [5, 5.41) is 0. The molecule has 0 saturated heterocycles. The standard InChI is InChI=1S/Bi.3FH.Rb.H/h;3*1H;;/q+3;;;;+1;-1/p-3. The SMILES string of the molecule is [Bi+3].[F-].[F-].[F-].[H-].[Rb+]. The average Bonchev–Trinajstić information content (AvgIpc) is 0. The number of halogens is 3. The molecule has 0 heterocycles. The van der Waals surface area contributed by atoms with Crippen LogP contribution in [-0.4, -0.2) is 26.2 Å². The van der Waals surface area contributed by atoms with Crippen LogP contribution in [0, 0.1) is 0 Å². The molecule has 0 aromatic rings. The Morgan fingerprint density at radius 2 is 0.800 bits per heavy atom. The first-order valence-electron chi connectivity index (χ1n) is 0. The first-order chi connectivity index (χ1) is 0. The van der Waals surface area contributed by atoms with E-state index in [9.17, 15) is 0 Å². The van der Waals surface area contributed by atoms with E-state index in [2.05, 4.69) is 0 Å². The molecule has 28 valence electrons. The Labute approximate surface area is 97.6 Å². The second-order valence-electron chi connectivity index (χ2n) is 0. The van der Waals surface area contributed by atoms with Crippen LogP contribution in [0.25, 0.3) is 0 Å². The van der Waals surface area contributed by atoms with Crippen molar-refractivity contribution < 1.29 is 73.7 Å². The van der Waals surface area contributed by atoms with Crippen LogP contribution < -0.4 is 72.3 Å². The number of rotatable bonds is 0. The van der Waals surface area contributed by atoms with E-state index in [4.69, 9.17) is 0 Å². The molecule has 0 spiro atoms. The van der Waals surface area contributed by atoms with Gasteiger partial charge in [-0.1, -0.05) is 0 Å². The third-order valence-electron chi connectivity index (χ3n) is 0. The maximum Gasteiger partial charge on any atom is 3.00 e. The van der Waals surface area contributed by atoms with Crippen molar-refractivity contribution in [3.63, 3.8) is 0 Å². The van der Waals surface area contributed by atoms with Crippen molar-refractivity contribution in [2.45, 2.75) is 0 Å². The van der Waals surface area contributed by atoms with Crippen LogP contribution in [0.15, 0.2) is 0 Å². The minimum atomic E-state index is 0. The molecule has 0 aliphatic carbocycles. The number of hydrogen-bond acceptors (Lipinski definition) is 0. The van der Waals surface area contributed by atoms with Gasteiger partial charge in [0.05, 0.1) is 0 Å². The van der Waals surface area contributed by atoms with Gasteiger partial charge in [0.1, 0.15) is 0 Å². The van der Waals surface area contributed by atoms with Gasteiger partial charge in [-0.15, -0.1) is 0 Å². The van der Waals surface area contributed by atoms with Crippen LogP contribution in [0.2, 0.25) is 0 Å². The van der Waals surface area contributed by atoms with E-state index >= 15 is 0 Å². The Morgan fingerprint density at radius 3 is 0.800 bits per heavy atom. The number of hydrogen-bond donors (Lipinski definition) is 0. The molecule has 0 aliphatic rings. The molecule has 0 bridgehead atoms. The van der Waals surface area contributed by atoms with Crippen LogP contribution in [0.3, 0.4) is 0 Å². The van der Waals surface area contributed by atoms with E-state index in [0.29, 0.717) is 0 Å². The molecule has 0 fully saturated rings. The molecule has 0 aliphatic heterocycles. The summed E-state index contributed by atoms with van der Waals surface area (Å²) in [5.74, 6) is 0. The second kappa shape index (κ2) is 31.7. The summed E-state index contributed by atoms with van der Waals surface area (Å²) in [7, 11) is 0. The molecule has 0 nitrogen and oxygen atoms in total. The molecule has 2 radical (unpaired) electrons. The summed E-state index contributed by atoms with van der Waals surface area (Å²) in [6.07, 6.45) is 0. The van der Waals surface area contributed by atoms with Gasteiger partial charge in [0.15, 0.2) is 0 Å². The predicted molar refractivity (Wildman–Crippen MR) is 6.87 cm³/mol.